The number of hydrogen-bond acceptors (Lipinski definition) is 4. The molecule has 3 aromatic rings. The molecular weight excluding hydrogens is 272 g/mol. The van der Waals surface area contributed by atoms with Crippen molar-refractivity contribution in [2.24, 2.45) is 0 Å². The molecule has 0 unspecified atom stereocenters. The molecule has 0 bridgehead atoms. The summed E-state index contributed by atoms with van der Waals surface area (Å²) in [6.07, 6.45) is 1.66. The first-order valence-corrected chi connectivity index (χ1v) is 5.42. The van der Waals surface area contributed by atoms with Gasteiger partial charge < -0.3 is 14.7 Å². The van der Waals surface area contributed by atoms with Crippen LogP contribution in [0.4, 0.5) is 5.82 Å². The smallest absolute Gasteiger partial charge is 0.169 e. The summed E-state index contributed by atoms with van der Waals surface area (Å²) < 4.78 is 11.3. The van der Waals surface area contributed by atoms with Gasteiger partial charge in [-0.15, -0.1) is 0 Å². The van der Waals surface area contributed by atoms with Crippen molar-refractivity contribution in [2.75, 3.05) is 5.73 Å². The second kappa shape index (κ2) is 3.38. The number of benzene rings is 1. The summed E-state index contributed by atoms with van der Waals surface area (Å²) in [4.78, 5) is 0. The molecule has 0 fully saturated rings. The first-order chi connectivity index (χ1) is 7.74. The topological polar surface area (TPSA) is 65.2 Å². The summed E-state index contributed by atoms with van der Waals surface area (Å²) >= 11 is 3.41. The van der Waals surface area contributed by atoms with Gasteiger partial charge in [0.15, 0.2) is 11.6 Å². The lowest BCUT2D eigenvalue weighted by Gasteiger charge is -1.95. The van der Waals surface area contributed by atoms with Crippen molar-refractivity contribution < 1.29 is 8.94 Å². The Kier molecular flexibility index (Phi) is 2.00. The molecule has 0 spiro atoms. The van der Waals surface area contributed by atoms with Gasteiger partial charge in [-0.25, -0.2) is 0 Å². The molecule has 80 valence electrons. The third-order valence-electron chi connectivity index (χ3n) is 2.34. The normalized spacial score (nSPS) is 11.1. The van der Waals surface area contributed by atoms with Crippen LogP contribution in [0.1, 0.15) is 0 Å². The molecule has 0 radical (unpaired) electrons. The van der Waals surface area contributed by atoms with Gasteiger partial charge in [0.25, 0.3) is 0 Å². The van der Waals surface area contributed by atoms with Gasteiger partial charge in [0.1, 0.15) is 11.8 Å². The highest BCUT2D eigenvalue weighted by Crippen LogP contribution is 2.31. The van der Waals surface area contributed by atoms with E-state index in [2.05, 4.69) is 21.1 Å². The summed E-state index contributed by atoms with van der Waals surface area (Å²) in [6.45, 7) is 0. The predicted molar refractivity (Wildman–Crippen MR) is 63.8 cm³/mol. The highest BCUT2D eigenvalue weighted by molar-refractivity contribution is 9.10. The van der Waals surface area contributed by atoms with Crippen molar-refractivity contribution in [1.82, 2.24) is 5.16 Å². The lowest BCUT2D eigenvalue weighted by molar-refractivity contribution is 0.436. The van der Waals surface area contributed by atoms with Crippen molar-refractivity contribution in [3.63, 3.8) is 0 Å². The van der Waals surface area contributed by atoms with Gasteiger partial charge in [0.2, 0.25) is 0 Å². The zero-order valence-corrected chi connectivity index (χ0v) is 9.69. The third-order valence-corrected chi connectivity index (χ3v) is 2.95. The van der Waals surface area contributed by atoms with Crippen LogP contribution < -0.4 is 5.73 Å². The molecule has 4 nitrogen and oxygen atoms in total. The first kappa shape index (κ1) is 9.47. The zero-order valence-electron chi connectivity index (χ0n) is 8.11. The van der Waals surface area contributed by atoms with Crippen LogP contribution in [-0.4, -0.2) is 5.16 Å². The van der Waals surface area contributed by atoms with Crippen molar-refractivity contribution in [3.8, 4) is 11.3 Å². The van der Waals surface area contributed by atoms with E-state index < -0.39 is 0 Å². The van der Waals surface area contributed by atoms with E-state index in [0.29, 0.717) is 11.6 Å². The molecule has 2 aromatic heterocycles. The molecule has 0 saturated heterocycles. The molecule has 0 atom stereocenters. The number of nitrogens with two attached hydrogens (primary N) is 1. The number of anilines is 1. The van der Waals surface area contributed by atoms with Gasteiger partial charge in [-0.05, 0) is 34.1 Å². The van der Waals surface area contributed by atoms with Crippen molar-refractivity contribution >= 4 is 32.7 Å². The Balaban J connectivity index is 2.21. The lowest BCUT2D eigenvalue weighted by atomic mass is 10.1. The molecule has 0 amide bonds. The minimum atomic E-state index is 0.376. The fourth-order valence-electron chi connectivity index (χ4n) is 1.58. The number of halogens is 1. The number of nitrogen functional groups attached to an aromatic ring is 1. The highest BCUT2D eigenvalue weighted by Gasteiger charge is 2.08. The quantitative estimate of drug-likeness (QED) is 0.741. The van der Waals surface area contributed by atoms with Crippen molar-refractivity contribution in [2.45, 2.75) is 0 Å². The van der Waals surface area contributed by atoms with Crippen LogP contribution in [0.25, 0.3) is 22.3 Å². The predicted octanol–water partition coefficient (Wildman–Crippen LogP) is 3.43. The van der Waals surface area contributed by atoms with Crippen LogP contribution in [0.3, 0.4) is 0 Å². The Bertz CT molecular complexity index is 657. The van der Waals surface area contributed by atoms with Gasteiger partial charge in [-0.3, -0.25) is 0 Å². The molecule has 0 saturated carbocycles. The average molecular weight is 279 g/mol. The second-order valence-corrected chi connectivity index (χ2v) is 4.26. The SMILES string of the molecule is Nc1cc(-c2ccc3occ(Br)c3c2)on1. The van der Waals surface area contributed by atoms with Crippen LogP contribution in [0.5, 0.6) is 0 Å². The Labute approximate surface area is 99.1 Å². The first-order valence-electron chi connectivity index (χ1n) is 4.63. The van der Waals surface area contributed by atoms with E-state index in [4.69, 9.17) is 14.7 Å². The molecule has 2 N–H and O–H groups in total. The maximum absolute atomic E-state index is 5.51. The Morgan fingerprint density at radius 2 is 2.12 bits per heavy atom. The van der Waals surface area contributed by atoms with E-state index in [1.807, 2.05) is 18.2 Å². The monoisotopic (exact) mass is 278 g/mol. The maximum atomic E-state index is 5.51. The number of furan rings is 1. The standard InChI is InChI=1S/C11H7BrN2O2/c12-8-5-15-9-2-1-6(3-7(8)9)10-4-11(13)14-16-10/h1-5H,(H2,13,14). The Morgan fingerprint density at radius 3 is 2.88 bits per heavy atom. The van der Waals surface area contributed by atoms with Crippen molar-refractivity contribution in [3.05, 3.63) is 35.0 Å². The Hall–Kier alpha value is -1.75. The van der Waals surface area contributed by atoms with E-state index in [1.165, 1.54) is 0 Å². The van der Waals surface area contributed by atoms with E-state index >= 15 is 0 Å². The van der Waals surface area contributed by atoms with E-state index in [9.17, 15) is 0 Å². The number of fused-ring (bicyclic) bond motifs is 1. The molecule has 1 aromatic carbocycles. The highest BCUT2D eigenvalue weighted by atomic mass is 79.9. The van der Waals surface area contributed by atoms with Crippen LogP contribution >= 0.6 is 15.9 Å². The Morgan fingerprint density at radius 1 is 1.25 bits per heavy atom. The zero-order chi connectivity index (χ0) is 11.1. The molecule has 3 rings (SSSR count). The largest absolute Gasteiger partial charge is 0.463 e. The summed E-state index contributed by atoms with van der Waals surface area (Å²) in [5, 5.41) is 4.64. The molecule has 2 heterocycles. The van der Waals surface area contributed by atoms with Crippen LogP contribution in [-0.2, 0) is 0 Å². The summed E-state index contributed by atoms with van der Waals surface area (Å²) in [7, 11) is 0. The minimum absolute atomic E-state index is 0.376. The van der Waals surface area contributed by atoms with Gasteiger partial charge in [0.05, 0.1) is 4.47 Å². The molecule has 0 aliphatic rings. The van der Waals surface area contributed by atoms with E-state index in [0.717, 1.165) is 21.0 Å². The van der Waals surface area contributed by atoms with Gasteiger partial charge in [0, 0.05) is 17.0 Å². The second-order valence-electron chi connectivity index (χ2n) is 3.41. The van der Waals surface area contributed by atoms with E-state index in [1.54, 1.807) is 12.3 Å². The fourth-order valence-corrected chi connectivity index (χ4v) is 1.98. The lowest BCUT2D eigenvalue weighted by Crippen LogP contribution is -1.80. The van der Waals surface area contributed by atoms with Crippen LogP contribution in [0, 0.1) is 0 Å². The molecule has 0 aliphatic heterocycles. The maximum Gasteiger partial charge on any atom is 0.169 e. The molecule has 5 heteroatoms. The van der Waals surface area contributed by atoms with Gasteiger partial charge >= 0.3 is 0 Å². The summed E-state index contributed by atoms with van der Waals surface area (Å²) in [5.41, 5.74) is 7.24. The van der Waals surface area contributed by atoms with E-state index in [-0.39, 0.29) is 0 Å². The number of nitrogens with zero attached hydrogens (tertiary/aromatic N) is 1. The molecule has 0 aliphatic carbocycles. The number of rotatable bonds is 1. The minimum Gasteiger partial charge on any atom is -0.463 e. The average Bonchev–Trinajstić information content (AvgIpc) is 2.86. The van der Waals surface area contributed by atoms with Crippen LogP contribution in [0.15, 0.2) is 43.9 Å². The van der Waals surface area contributed by atoms with Gasteiger partial charge in [-0.1, -0.05) is 5.16 Å². The van der Waals surface area contributed by atoms with Crippen LogP contribution in [0.2, 0.25) is 0 Å². The fraction of sp³-hybridized carbons (Fsp3) is 0. The van der Waals surface area contributed by atoms with Crippen molar-refractivity contribution in [1.29, 1.82) is 0 Å². The number of aromatic nitrogens is 1. The third kappa shape index (κ3) is 1.40. The summed E-state index contributed by atoms with van der Waals surface area (Å²) in [6, 6.07) is 7.43. The van der Waals surface area contributed by atoms with Gasteiger partial charge in [-0.2, -0.15) is 0 Å². The number of hydrogen-bond donors (Lipinski definition) is 1. The molecular formula is C11H7BrN2O2. The summed E-state index contributed by atoms with van der Waals surface area (Å²) in [5.74, 6) is 1.02. The molecule has 16 heavy (non-hydrogen) atoms.